The van der Waals surface area contributed by atoms with Gasteiger partial charge in [0.15, 0.2) is 0 Å². The number of nitrogens with zero attached hydrogens (tertiary/aromatic N) is 2. The van der Waals surface area contributed by atoms with E-state index < -0.39 is 0 Å². The first-order valence-corrected chi connectivity index (χ1v) is 7.86. The van der Waals surface area contributed by atoms with Crippen LogP contribution in [-0.2, 0) is 6.54 Å². The molecule has 0 saturated heterocycles. The van der Waals surface area contributed by atoms with E-state index in [-0.39, 0.29) is 15.0 Å². The van der Waals surface area contributed by atoms with E-state index in [4.69, 9.17) is 4.42 Å². The number of para-hydroxylation sites is 1. The Bertz CT molecular complexity index is 848. The van der Waals surface area contributed by atoms with E-state index in [2.05, 4.69) is 25.4 Å². The first-order valence-electron chi connectivity index (χ1n) is 6.33. The second kappa shape index (κ2) is 4.78. The summed E-state index contributed by atoms with van der Waals surface area (Å²) >= 11 is -0.000517. The van der Waals surface area contributed by atoms with Crippen LogP contribution < -0.4 is 5.32 Å². The second-order valence-corrected chi connectivity index (χ2v) is 5.65. The maximum atomic E-state index is 5.80. The van der Waals surface area contributed by atoms with E-state index in [0.29, 0.717) is 6.54 Å². The van der Waals surface area contributed by atoms with E-state index >= 15 is 0 Å². The number of benzene rings is 2. The van der Waals surface area contributed by atoms with E-state index in [1.165, 1.54) is 0 Å². The Hall–Kier alpha value is -2.10. The number of anilines is 1. The molecule has 0 bridgehead atoms. The van der Waals surface area contributed by atoms with Gasteiger partial charge in [-0.2, -0.15) is 0 Å². The van der Waals surface area contributed by atoms with Gasteiger partial charge in [-0.25, -0.2) is 0 Å². The average molecular weight is 328 g/mol. The molecule has 0 atom stereocenters. The van der Waals surface area contributed by atoms with Gasteiger partial charge in [0.2, 0.25) is 0 Å². The van der Waals surface area contributed by atoms with E-state index in [0.717, 1.165) is 33.5 Å². The Morgan fingerprint density at radius 3 is 2.95 bits per heavy atom. The molecule has 0 aliphatic rings. The summed E-state index contributed by atoms with van der Waals surface area (Å²) in [5, 5.41) is 4.51. The van der Waals surface area contributed by atoms with Gasteiger partial charge in [-0.05, 0) is 0 Å². The second-order valence-electron chi connectivity index (χ2n) is 4.54. The molecule has 20 heavy (non-hydrogen) atoms. The molecule has 0 fully saturated rings. The van der Waals surface area contributed by atoms with Crippen molar-refractivity contribution in [2.24, 2.45) is 0 Å². The van der Waals surface area contributed by atoms with Crippen LogP contribution in [0.3, 0.4) is 0 Å². The number of hydrogen-bond acceptors (Lipinski definition) is 4. The van der Waals surface area contributed by atoms with Crippen LogP contribution in [0.25, 0.3) is 22.0 Å². The van der Waals surface area contributed by atoms with Gasteiger partial charge in [-0.3, -0.25) is 0 Å². The third-order valence-electron chi connectivity index (χ3n) is 3.22. The molecule has 0 unspecified atom stereocenters. The Morgan fingerprint density at radius 1 is 1.05 bits per heavy atom. The summed E-state index contributed by atoms with van der Waals surface area (Å²) in [6.45, 7) is 0.646. The first kappa shape index (κ1) is 11.7. The third kappa shape index (κ3) is 2.01. The van der Waals surface area contributed by atoms with Gasteiger partial charge < -0.3 is 0 Å². The van der Waals surface area contributed by atoms with Crippen molar-refractivity contribution in [3.05, 3.63) is 54.3 Å². The topological polar surface area (TPSA) is 51.0 Å². The predicted molar refractivity (Wildman–Crippen MR) is 80.0 cm³/mol. The zero-order valence-electron chi connectivity index (χ0n) is 10.5. The molecular formula is C15H11N3OSe. The number of hydrogen-bond donors (Lipinski definition) is 1. The summed E-state index contributed by atoms with van der Waals surface area (Å²) in [6.07, 6.45) is 0. The molecule has 98 valence electrons. The molecule has 0 aliphatic heterocycles. The average Bonchev–Trinajstić information content (AvgIpc) is 3.11. The summed E-state index contributed by atoms with van der Waals surface area (Å²) in [5.74, 6) is 0.921. The van der Waals surface area contributed by atoms with Crippen molar-refractivity contribution in [3.8, 4) is 0 Å². The summed E-state index contributed by atoms with van der Waals surface area (Å²) in [4.78, 5) is 0. The van der Waals surface area contributed by atoms with Crippen molar-refractivity contribution in [3.63, 3.8) is 0 Å². The van der Waals surface area contributed by atoms with Gasteiger partial charge in [0.05, 0.1) is 0 Å². The molecule has 0 aliphatic carbocycles. The van der Waals surface area contributed by atoms with Gasteiger partial charge in [-0.1, -0.05) is 0 Å². The van der Waals surface area contributed by atoms with E-state index in [1.807, 2.05) is 36.4 Å². The van der Waals surface area contributed by atoms with Gasteiger partial charge in [-0.15, -0.1) is 0 Å². The molecule has 2 aromatic heterocycles. The van der Waals surface area contributed by atoms with Crippen LogP contribution in [0.1, 0.15) is 5.76 Å². The number of nitrogens with one attached hydrogen (secondary N) is 1. The van der Waals surface area contributed by atoms with Crippen LogP contribution in [0.15, 0.2) is 52.9 Å². The zero-order valence-corrected chi connectivity index (χ0v) is 12.2. The van der Waals surface area contributed by atoms with E-state index in [9.17, 15) is 0 Å². The summed E-state index contributed by atoms with van der Waals surface area (Å²) in [5.41, 5.74) is 3.90. The Balaban J connectivity index is 1.62. The fourth-order valence-electron chi connectivity index (χ4n) is 2.26. The van der Waals surface area contributed by atoms with Crippen LogP contribution in [0.2, 0.25) is 0 Å². The van der Waals surface area contributed by atoms with Gasteiger partial charge >= 0.3 is 121 Å². The molecule has 4 rings (SSSR count). The van der Waals surface area contributed by atoms with Crippen molar-refractivity contribution in [2.45, 2.75) is 6.54 Å². The number of aromatic nitrogens is 2. The Labute approximate surface area is 121 Å². The van der Waals surface area contributed by atoms with Crippen molar-refractivity contribution in [1.29, 1.82) is 0 Å². The Morgan fingerprint density at radius 2 is 2.00 bits per heavy atom. The molecule has 2 heterocycles. The minimum absolute atomic E-state index is 0.000517. The first-order chi connectivity index (χ1) is 9.90. The maximum absolute atomic E-state index is 5.80. The quantitative estimate of drug-likeness (QED) is 0.587. The zero-order chi connectivity index (χ0) is 13.4. The van der Waals surface area contributed by atoms with Gasteiger partial charge in [0, 0.05) is 0 Å². The van der Waals surface area contributed by atoms with Crippen LogP contribution in [0.4, 0.5) is 5.69 Å². The summed E-state index contributed by atoms with van der Waals surface area (Å²) in [7, 11) is 0. The molecule has 5 heteroatoms. The molecule has 4 aromatic rings. The predicted octanol–water partition coefficient (Wildman–Crippen LogP) is 3.05. The molecule has 2 aromatic carbocycles. The minimum atomic E-state index is -0.000517. The number of fused-ring (bicyclic) bond motifs is 2. The van der Waals surface area contributed by atoms with Crippen LogP contribution in [0, 0.1) is 0 Å². The molecule has 1 N–H and O–H groups in total. The Kier molecular flexibility index (Phi) is 2.80. The van der Waals surface area contributed by atoms with Crippen molar-refractivity contribution < 1.29 is 4.42 Å². The van der Waals surface area contributed by atoms with Gasteiger partial charge in [0.25, 0.3) is 0 Å². The van der Waals surface area contributed by atoms with Crippen molar-refractivity contribution in [1.82, 2.24) is 7.96 Å². The van der Waals surface area contributed by atoms with E-state index in [1.54, 1.807) is 0 Å². The summed E-state index contributed by atoms with van der Waals surface area (Å²) in [6, 6.07) is 16.1. The molecule has 0 amide bonds. The van der Waals surface area contributed by atoms with Gasteiger partial charge in [0.1, 0.15) is 0 Å². The van der Waals surface area contributed by atoms with Crippen LogP contribution in [-0.4, -0.2) is 22.9 Å². The molecule has 0 radical (unpaired) electrons. The molecule has 0 saturated carbocycles. The summed E-state index contributed by atoms with van der Waals surface area (Å²) < 4.78 is 14.6. The molecule has 0 spiro atoms. The normalized spacial score (nSPS) is 11.2. The van der Waals surface area contributed by atoms with Crippen LogP contribution in [0.5, 0.6) is 0 Å². The number of rotatable bonds is 3. The van der Waals surface area contributed by atoms with Crippen LogP contribution >= 0.6 is 0 Å². The monoisotopic (exact) mass is 329 g/mol. The molecular weight excluding hydrogens is 317 g/mol. The molecule has 4 nitrogen and oxygen atoms in total. The number of furan rings is 1. The van der Waals surface area contributed by atoms with Crippen molar-refractivity contribution in [2.75, 3.05) is 5.32 Å². The fraction of sp³-hybridized carbons (Fsp3) is 0.0667. The third-order valence-corrected chi connectivity index (χ3v) is 4.35. The standard InChI is InChI=1S/C15H11N3OSe/c1-2-7-14-10(4-1)8-11(19-14)9-16-12-5-3-6-13-15(12)18-20-17-13/h1-8,16H,9H2. The van der Waals surface area contributed by atoms with Crippen molar-refractivity contribution >= 4 is 42.7 Å². The fourth-order valence-corrected chi connectivity index (χ4v) is 3.41. The SMILES string of the molecule is c1ccc2oc(CNc3cccc4n[se]nc34)cc2c1.